The molecule has 0 radical (unpaired) electrons. The first kappa shape index (κ1) is 88.6. The second-order valence-electron chi connectivity index (χ2n) is 28.7. The summed E-state index contributed by atoms with van der Waals surface area (Å²) >= 11 is 17.4. The number of ether oxygens (including phenoxy) is 2. The van der Waals surface area contributed by atoms with Crippen LogP contribution in [0.25, 0.3) is 33.5 Å². The van der Waals surface area contributed by atoms with Gasteiger partial charge in [-0.1, -0.05) is 83.5 Å². The number of carbonyl (C=O) groups is 6. The highest BCUT2D eigenvalue weighted by molar-refractivity contribution is 6.31. The number of aryl methyl sites for hydroxylation is 3. The number of rotatable bonds is 28. The molecular formula is C81H85Cl4F3N24O10. The predicted octanol–water partition coefficient (Wildman–Crippen LogP) is 12.3. The van der Waals surface area contributed by atoms with Crippen LogP contribution >= 0.6 is 47.2 Å². The summed E-state index contributed by atoms with van der Waals surface area (Å²) in [4.78, 5) is 97.7. The number of imidazole rings is 6. The molecule has 2 amide bonds. The zero-order chi connectivity index (χ0) is 83.3. The molecule has 638 valence electrons. The number of nitrogens with zero attached hydrogens (tertiary/aromatic N) is 21. The van der Waals surface area contributed by atoms with Gasteiger partial charge in [-0.15, -0.1) is 27.7 Å². The van der Waals surface area contributed by atoms with Crippen LogP contribution in [0.5, 0.6) is 0 Å². The molecule has 0 aromatic carbocycles. The Kier molecular flexibility index (Phi) is 28.2. The van der Waals surface area contributed by atoms with Gasteiger partial charge in [0.05, 0.1) is 133 Å². The average Bonchev–Trinajstić information content (AvgIpc) is 1.62. The number of aromatic nitrogens is 21. The van der Waals surface area contributed by atoms with Crippen molar-refractivity contribution in [2.75, 3.05) is 13.2 Å². The third kappa shape index (κ3) is 20.6. The van der Waals surface area contributed by atoms with Crippen LogP contribution < -0.4 is 16.4 Å². The molecule has 0 bridgehead atoms. The minimum absolute atomic E-state index is 0. The minimum atomic E-state index is -1.11. The van der Waals surface area contributed by atoms with Crippen LogP contribution in [0.15, 0.2) is 130 Å². The molecular weight excluding hydrogens is 1670 g/mol. The maximum atomic E-state index is 14.5. The molecule has 122 heavy (non-hydrogen) atoms. The van der Waals surface area contributed by atoms with E-state index in [0.29, 0.717) is 104 Å². The lowest BCUT2D eigenvalue weighted by molar-refractivity contribution is -0.144. The first-order valence-corrected chi connectivity index (χ1v) is 39.3. The van der Waals surface area contributed by atoms with E-state index in [9.17, 15) is 41.9 Å². The van der Waals surface area contributed by atoms with E-state index in [4.69, 9.17) is 70.2 Å². The van der Waals surface area contributed by atoms with Gasteiger partial charge in [-0.25, -0.2) is 61.9 Å². The first-order valence-electron chi connectivity index (χ1n) is 38.1. The Hall–Kier alpha value is -12.7. The third-order valence-electron chi connectivity index (χ3n) is 20.0. The van der Waals surface area contributed by atoms with Gasteiger partial charge in [0.25, 0.3) is 11.8 Å². The van der Waals surface area contributed by atoms with E-state index in [1.54, 1.807) is 36.8 Å². The largest absolute Gasteiger partial charge is 0.481 e. The molecule has 0 spiro atoms. The Bertz CT molecular complexity index is 6370. The van der Waals surface area contributed by atoms with Crippen molar-refractivity contribution in [1.82, 2.24) is 112 Å². The van der Waals surface area contributed by atoms with E-state index >= 15 is 0 Å². The molecule has 0 aliphatic heterocycles. The molecule has 15 aromatic rings. The zero-order valence-electron chi connectivity index (χ0n) is 64.3. The lowest BCUT2D eigenvalue weighted by Crippen LogP contribution is -2.23. The average molecular weight is 1750 g/mol. The van der Waals surface area contributed by atoms with Gasteiger partial charge in [-0.3, -0.25) is 24.0 Å². The van der Waals surface area contributed by atoms with Crippen molar-refractivity contribution in [2.24, 2.45) is 5.73 Å². The first-order chi connectivity index (χ1) is 57.5. The summed E-state index contributed by atoms with van der Waals surface area (Å²) < 4.78 is 67.4. The van der Waals surface area contributed by atoms with Crippen molar-refractivity contribution in [2.45, 2.75) is 163 Å². The second-order valence-corrected chi connectivity index (χ2v) is 29.9. The van der Waals surface area contributed by atoms with Crippen molar-refractivity contribution < 1.29 is 61.6 Å². The van der Waals surface area contributed by atoms with E-state index in [2.05, 4.69) is 92.1 Å². The Morgan fingerprint density at radius 2 is 0.803 bits per heavy atom. The van der Waals surface area contributed by atoms with E-state index in [1.165, 1.54) is 108 Å². The van der Waals surface area contributed by atoms with Gasteiger partial charge in [0.1, 0.15) is 33.5 Å². The molecule has 3 aliphatic carbocycles. The predicted molar refractivity (Wildman–Crippen MR) is 443 cm³/mol. The quantitative estimate of drug-likeness (QED) is 0.0284. The number of carboxylic acid groups (broad SMARTS) is 2. The fraction of sp³-hybridized carbons (Fsp3) is 0.333. The number of halogens is 7. The molecule has 15 heterocycles. The number of carboxylic acids is 2. The molecule has 34 nitrogen and oxygen atoms in total. The normalized spacial score (nSPS) is 12.9. The van der Waals surface area contributed by atoms with E-state index < -0.39 is 41.2 Å². The van der Waals surface area contributed by atoms with Gasteiger partial charge in [0.15, 0.2) is 34.5 Å². The highest BCUT2D eigenvalue weighted by Crippen LogP contribution is 2.43. The van der Waals surface area contributed by atoms with Crippen molar-refractivity contribution in [3.05, 3.63) is 247 Å². The number of hydrogen-bond donors (Lipinski definition) is 5. The van der Waals surface area contributed by atoms with Crippen molar-refractivity contribution >= 4 is 116 Å². The standard InChI is InChI=1S/C27H26ClFN8O3.C25H22ClFN8O3.C19H21N5O4.C8H7ClFN3.2CH4.ClH/c1-2-40-23(38)6-5-17-9-18(16-3-4-16)11-36-12-19(32-26(17)36)13-37-14-22(33-34-37)27(39)30-10-21-25-24(29)20(28)7-8-35(25)15-31-21;26-18-5-6-33-13-29-19(23(33)22(18)27)8-28-25(38)20-12-35(32-31-20)11-17-10-34-9-16(14-1-2-14)7-15(24(34)30-17)3-4-21(36)37;1-2-28-17(25)6-5-13-7-14(12-3-4-12)8-23-9-15(20-18(13)23)10-24-11-16(19(26)27)21-22-24;9-5-1-2-13-4-12-6(3-11)8(13)7(5)10;;;/h7-9,11-12,14-16H,2-6,10,13H2,1H3,(H,30,39);5-7,9-10,12-14H,1-4,8,11H2,(H,28,38)(H,36,37);7-9,11-12H,2-6,10H2,1H3,(H,26,27);1-2,4H,3,11H2;2*1H4;1H. The number of hydrogen-bond acceptors (Lipinski definition) is 21. The van der Waals surface area contributed by atoms with E-state index in [-0.39, 0.29) is 121 Å². The van der Waals surface area contributed by atoms with Gasteiger partial charge in [-0.05, 0) is 141 Å². The Labute approximate surface area is 714 Å². The molecule has 3 saturated carbocycles. The van der Waals surface area contributed by atoms with Crippen LogP contribution in [0.4, 0.5) is 13.2 Å². The van der Waals surface area contributed by atoms with Crippen LogP contribution in [0.2, 0.25) is 15.1 Å². The number of aromatic carboxylic acids is 1. The highest BCUT2D eigenvalue weighted by atomic mass is 35.5. The lowest BCUT2D eigenvalue weighted by Gasteiger charge is -2.07. The molecule has 6 N–H and O–H groups in total. The Balaban J connectivity index is 0.000000155. The second kappa shape index (κ2) is 38.8. The van der Waals surface area contributed by atoms with Crippen molar-refractivity contribution in [1.29, 1.82) is 0 Å². The Morgan fingerprint density at radius 3 is 1.12 bits per heavy atom. The third-order valence-corrected chi connectivity index (χ3v) is 20.8. The summed E-state index contributed by atoms with van der Waals surface area (Å²) in [6.45, 7) is 5.38. The topological polar surface area (TPSA) is 407 Å². The number of nitrogens with two attached hydrogens (primary N) is 1. The smallest absolute Gasteiger partial charge is 0.358 e. The van der Waals surface area contributed by atoms with Crippen LogP contribution in [-0.2, 0) is 82.4 Å². The fourth-order valence-corrected chi connectivity index (χ4v) is 14.2. The van der Waals surface area contributed by atoms with Gasteiger partial charge in [0, 0.05) is 81.6 Å². The maximum absolute atomic E-state index is 14.5. The fourth-order valence-electron chi connectivity index (χ4n) is 13.7. The number of pyridine rings is 6. The summed E-state index contributed by atoms with van der Waals surface area (Å²) in [5.41, 5.74) is 18.5. The molecule has 0 unspecified atom stereocenters. The number of carbonyl (C=O) groups excluding carboxylic acids is 4. The molecule has 0 saturated heterocycles. The van der Waals surface area contributed by atoms with Gasteiger partial charge >= 0.3 is 23.9 Å². The SMILES string of the molecule is C.C.CCOC(=O)CCc1cc(C2CC2)cn2cc(Cn3cc(C(=O)NCc4ncn5ccc(Cl)c(F)c45)nn3)nc12.CCOC(=O)CCc1cc(C2CC2)cn2cc(Cn3cc(C(=O)O)nn3)nc12.Cl.NCc1ncn2ccc(Cl)c(F)c12.O=C(O)CCc1cc(C2CC2)cn2cc(Cn3cc(C(=O)NCc4ncn5ccc(Cl)c(F)c45)nn3)nc12. The van der Waals surface area contributed by atoms with E-state index in [0.717, 1.165) is 65.1 Å². The van der Waals surface area contributed by atoms with Gasteiger partial charge in [-0.2, -0.15) is 0 Å². The van der Waals surface area contributed by atoms with Crippen LogP contribution in [0.3, 0.4) is 0 Å². The molecule has 18 rings (SSSR count). The monoisotopic (exact) mass is 1750 g/mol. The number of nitrogens with one attached hydrogen (secondary N) is 2. The molecule has 3 fully saturated rings. The van der Waals surface area contributed by atoms with Crippen LogP contribution in [0.1, 0.15) is 203 Å². The molecule has 41 heteroatoms. The van der Waals surface area contributed by atoms with Crippen molar-refractivity contribution in [3.8, 4) is 0 Å². The summed E-state index contributed by atoms with van der Waals surface area (Å²) in [6.07, 6.45) is 34.7. The Morgan fingerprint density at radius 1 is 0.475 bits per heavy atom. The lowest BCUT2D eigenvalue weighted by atomic mass is 10.1. The summed E-state index contributed by atoms with van der Waals surface area (Å²) in [5, 5.41) is 47.1. The summed E-state index contributed by atoms with van der Waals surface area (Å²) in [5.74, 6) is -3.41. The number of fused-ring (bicyclic) bond motifs is 6. The maximum Gasteiger partial charge on any atom is 0.358 e. The zero-order valence-corrected chi connectivity index (χ0v) is 67.4. The number of aliphatic carboxylic acids is 1. The van der Waals surface area contributed by atoms with Crippen LogP contribution in [-0.4, -0.2) is 160 Å². The molecule has 0 atom stereocenters. The minimum Gasteiger partial charge on any atom is -0.481 e. The summed E-state index contributed by atoms with van der Waals surface area (Å²) in [6, 6.07) is 10.7. The van der Waals surface area contributed by atoms with Crippen LogP contribution in [0, 0.1) is 17.5 Å². The van der Waals surface area contributed by atoms with Gasteiger partial charge in [0.2, 0.25) is 0 Å². The number of amides is 2. The van der Waals surface area contributed by atoms with Crippen molar-refractivity contribution in [3.63, 3.8) is 0 Å². The number of esters is 2. The highest BCUT2D eigenvalue weighted by Gasteiger charge is 2.30. The molecule has 3 aliphatic rings. The molecule has 15 aromatic heterocycles. The summed E-state index contributed by atoms with van der Waals surface area (Å²) in [7, 11) is 0. The van der Waals surface area contributed by atoms with E-state index in [1.807, 2.05) is 38.0 Å². The van der Waals surface area contributed by atoms with Gasteiger partial charge < -0.3 is 62.5 Å².